The molecule has 1 atom stereocenters. The summed E-state index contributed by atoms with van der Waals surface area (Å²) >= 11 is 12.4. The SMILES string of the molecule is CCCSP(=O)(OCC)N(C)NC(=S)Nc1ccc(Cl)cc1. The van der Waals surface area contributed by atoms with Gasteiger partial charge in [-0.3, -0.25) is 9.99 Å². The van der Waals surface area contributed by atoms with Crippen LogP contribution >= 0.6 is 41.9 Å². The van der Waals surface area contributed by atoms with Gasteiger partial charge in [0, 0.05) is 23.5 Å². The molecule has 5 nitrogen and oxygen atoms in total. The first-order chi connectivity index (χ1) is 10.4. The van der Waals surface area contributed by atoms with Gasteiger partial charge in [-0.15, -0.1) is 4.78 Å². The molecule has 0 heterocycles. The highest BCUT2D eigenvalue weighted by Crippen LogP contribution is 2.60. The molecule has 124 valence electrons. The lowest BCUT2D eigenvalue weighted by Gasteiger charge is -2.27. The van der Waals surface area contributed by atoms with Crippen LogP contribution in [-0.2, 0) is 9.09 Å². The molecule has 0 amide bonds. The van der Waals surface area contributed by atoms with E-state index in [2.05, 4.69) is 10.7 Å². The van der Waals surface area contributed by atoms with Gasteiger partial charge in [0.2, 0.25) is 0 Å². The number of benzene rings is 1. The van der Waals surface area contributed by atoms with Crippen LogP contribution in [0.3, 0.4) is 0 Å². The summed E-state index contributed by atoms with van der Waals surface area (Å²) < 4.78 is 19.7. The van der Waals surface area contributed by atoms with E-state index < -0.39 is 6.72 Å². The smallest absolute Gasteiger partial charge is 0.332 e. The van der Waals surface area contributed by atoms with Gasteiger partial charge in [-0.25, -0.2) is 0 Å². The molecule has 22 heavy (non-hydrogen) atoms. The maximum absolute atomic E-state index is 12.8. The Morgan fingerprint density at radius 1 is 1.41 bits per heavy atom. The molecule has 1 rings (SSSR count). The molecule has 2 N–H and O–H groups in total. The molecule has 0 aliphatic carbocycles. The van der Waals surface area contributed by atoms with Crippen LogP contribution in [0.25, 0.3) is 0 Å². The molecule has 0 aromatic heterocycles. The van der Waals surface area contributed by atoms with Gasteiger partial charge in [0.05, 0.1) is 6.61 Å². The average Bonchev–Trinajstić information content (AvgIpc) is 2.47. The lowest BCUT2D eigenvalue weighted by Crippen LogP contribution is -2.39. The number of nitrogens with one attached hydrogen (secondary N) is 2. The van der Waals surface area contributed by atoms with E-state index in [1.807, 2.05) is 26.0 Å². The Labute approximate surface area is 146 Å². The van der Waals surface area contributed by atoms with Crippen LogP contribution in [0.15, 0.2) is 24.3 Å². The van der Waals surface area contributed by atoms with Gasteiger partial charge in [-0.2, -0.15) is 0 Å². The van der Waals surface area contributed by atoms with Gasteiger partial charge in [0.25, 0.3) is 0 Å². The van der Waals surface area contributed by atoms with E-state index in [1.54, 1.807) is 19.2 Å². The zero-order valence-electron chi connectivity index (χ0n) is 12.8. The van der Waals surface area contributed by atoms with Crippen LogP contribution in [0.2, 0.25) is 5.02 Å². The Kier molecular flexibility index (Phi) is 8.75. The van der Waals surface area contributed by atoms with Crippen LogP contribution in [-0.4, -0.2) is 29.3 Å². The van der Waals surface area contributed by atoms with Crippen molar-refractivity contribution in [3.63, 3.8) is 0 Å². The third-order valence-corrected chi connectivity index (χ3v) is 7.84. The second kappa shape index (κ2) is 9.75. The first kappa shape index (κ1) is 19.7. The molecule has 1 unspecified atom stereocenters. The van der Waals surface area contributed by atoms with E-state index >= 15 is 0 Å². The van der Waals surface area contributed by atoms with Crippen LogP contribution in [0.5, 0.6) is 0 Å². The fourth-order valence-electron chi connectivity index (χ4n) is 1.48. The number of rotatable bonds is 8. The molecule has 0 aliphatic rings. The summed E-state index contributed by atoms with van der Waals surface area (Å²) in [6, 6.07) is 7.14. The van der Waals surface area contributed by atoms with E-state index in [-0.39, 0.29) is 0 Å². The Hall–Kier alpha value is -0.300. The van der Waals surface area contributed by atoms with Crippen molar-refractivity contribution in [1.82, 2.24) is 10.2 Å². The maximum atomic E-state index is 12.8. The van der Waals surface area contributed by atoms with Gasteiger partial charge >= 0.3 is 6.72 Å². The number of anilines is 1. The van der Waals surface area contributed by atoms with E-state index in [4.69, 9.17) is 28.3 Å². The molecule has 0 fully saturated rings. The standard InChI is InChI=1S/C13H21ClN3O2PS2/c1-4-10-22-20(18,19-5-2)17(3)16-13(21)15-12-8-6-11(14)7-9-12/h6-9H,4-5,10H2,1-3H3,(H2,15,16,21). The van der Waals surface area contributed by atoms with E-state index in [1.165, 1.54) is 16.2 Å². The molecule has 1 aromatic rings. The Morgan fingerprint density at radius 2 is 2.05 bits per heavy atom. The second-order valence-electron chi connectivity index (χ2n) is 4.32. The van der Waals surface area contributed by atoms with E-state index in [9.17, 15) is 4.57 Å². The van der Waals surface area contributed by atoms with Crippen LogP contribution in [0.4, 0.5) is 5.69 Å². The first-order valence-corrected chi connectivity index (χ1v) is 10.8. The number of halogens is 1. The number of hydrogen-bond donors (Lipinski definition) is 2. The summed E-state index contributed by atoms with van der Waals surface area (Å²) in [4.78, 5) is 0. The molecule has 1 aromatic carbocycles. The Balaban J connectivity index is 2.63. The van der Waals surface area contributed by atoms with Crippen molar-refractivity contribution in [1.29, 1.82) is 0 Å². The third kappa shape index (κ3) is 6.44. The highest BCUT2D eigenvalue weighted by atomic mass is 35.5. The minimum atomic E-state index is -3.00. The summed E-state index contributed by atoms with van der Waals surface area (Å²) in [6.07, 6.45) is 0.920. The average molecular weight is 382 g/mol. The summed E-state index contributed by atoms with van der Waals surface area (Å²) in [5.74, 6) is 0.751. The molecular formula is C13H21ClN3O2PS2. The van der Waals surface area contributed by atoms with Crippen molar-refractivity contribution >= 4 is 52.7 Å². The summed E-state index contributed by atoms with van der Waals surface area (Å²) in [7, 11) is 1.66. The molecule has 0 aliphatic heterocycles. The maximum Gasteiger partial charge on any atom is 0.346 e. The summed E-state index contributed by atoms with van der Waals surface area (Å²) in [6.45, 7) is 1.22. The minimum absolute atomic E-state index is 0.335. The van der Waals surface area contributed by atoms with Gasteiger partial charge < -0.3 is 9.84 Å². The van der Waals surface area contributed by atoms with E-state index in [0.717, 1.165) is 17.9 Å². The quantitative estimate of drug-likeness (QED) is 0.382. The van der Waals surface area contributed by atoms with Crippen molar-refractivity contribution in [2.75, 3.05) is 24.7 Å². The largest absolute Gasteiger partial charge is 0.346 e. The van der Waals surface area contributed by atoms with Crippen molar-refractivity contribution in [2.24, 2.45) is 0 Å². The first-order valence-electron chi connectivity index (χ1n) is 6.87. The monoisotopic (exact) mass is 381 g/mol. The predicted octanol–water partition coefficient (Wildman–Crippen LogP) is 4.76. The van der Waals surface area contributed by atoms with E-state index in [0.29, 0.717) is 16.7 Å². The third-order valence-electron chi connectivity index (χ3n) is 2.48. The molecule has 0 bridgehead atoms. The van der Waals surface area contributed by atoms with Crippen molar-refractivity contribution in [2.45, 2.75) is 20.3 Å². The van der Waals surface area contributed by atoms with Gasteiger partial charge in [-0.1, -0.05) is 29.9 Å². The number of nitrogens with zero attached hydrogens (tertiary/aromatic N) is 1. The molecule has 0 saturated carbocycles. The zero-order valence-corrected chi connectivity index (χ0v) is 16.1. The highest BCUT2D eigenvalue weighted by molar-refractivity contribution is 8.55. The van der Waals surface area contributed by atoms with Gasteiger partial charge in [0.15, 0.2) is 5.11 Å². The second-order valence-corrected chi connectivity index (χ2v) is 9.78. The molecule has 9 heteroatoms. The normalized spacial score (nSPS) is 13.7. The van der Waals surface area contributed by atoms with Crippen molar-refractivity contribution in [3.05, 3.63) is 29.3 Å². The minimum Gasteiger partial charge on any atom is -0.332 e. The Morgan fingerprint density at radius 3 is 2.59 bits per heavy atom. The van der Waals surface area contributed by atoms with Crippen LogP contribution in [0, 0.1) is 0 Å². The highest BCUT2D eigenvalue weighted by Gasteiger charge is 2.30. The summed E-state index contributed by atoms with van der Waals surface area (Å²) in [5.41, 5.74) is 3.68. The van der Waals surface area contributed by atoms with Gasteiger partial charge in [0.1, 0.15) is 0 Å². The zero-order chi connectivity index (χ0) is 16.6. The fourth-order valence-corrected chi connectivity index (χ4v) is 5.73. The lowest BCUT2D eigenvalue weighted by atomic mass is 10.3. The number of thiocarbonyl (C=S) groups is 1. The molecule has 0 spiro atoms. The number of hydrogen-bond acceptors (Lipinski definition) is 4. The van der Waals surface area contributed by atoms with Gasteiger partial charge in [-0.05, 0) is 49.8 Å². The van der Waals surface area contributed by atoms with Crippen molar-refractivity contribution in [3.8, 4) is 0 Å². The predicted molar refractivity (Wildman–Crippen MR) is 101 cm³/mol. The van der Waals surface area contributed by atoms with Crippen molar-refractivity contribution < 1.29 is 9.09 Å². The van der Waals surface area contributed by atoms with Crippen LogP contribution < -0.4 is 10.7 Å². The molecule has 0 radical (unpaired) electrons. The Bertz CT molecular complexity index is 531. The molecular weight excluding hydrogens is 361 g/mol. The number of hydrazine groups is 1. The summed E-state index contributed by atoms with van der Waals surface area (Å²) in [5, 5.41) is 3.99. The fraction of sp³-hybridized carbons (Fsp3) is 0.462. The molecule has 0 saturated heterocycles. The van der Waals surface area contributed by atoms with Crippen LogP contribution in [0.1, 0.15) is 20.3 Å². The lowest BCUT2D eigenvalue weighted by molar-refractivity contribution is 0.291. The topological polar surface area (TPSA) is 53.6 Å².